The predicted octanol–water partition coefficient (Wildman–Crippen LogP) is 4.87. The number of methoxy groups -OCH3 is 6. The lowest BCUT2D eigenvalue weighted by atomic mass is 9.99. The quantitative estimate of drug-likeness (QED) is 0.0358. The van der Waals surface area contributed by atoms with Gasteiger partial charge in [-0.15, -0.1) is 0 Å². The zero-order valence-corrected chi connectivity index (χ0v) is 59.5. The maximum atomic E-state index is 14.9. The van der Waals surface area contributed by atoms with E-state index < -0.39 is 107 Å². The second-order valence-electron chi connectivity index (χ2n) is 25.2. The first-order valence-electron chi connectivity index (χ1n) is 33.7. The van der Waals surface area contributed by atoms with Crippen LogP contribution in [0.4, 0.5) is 0 Å². The average Bonchev–Trinajstić information content (AvgIpc) is 1.61. The molecular formula is C67H116N8O20. The summed E-state index contributed by atoms with van der Waals surface area (Å²) in [5.74, 6) is -7.15. The van der Waals surface area contributed by atoms with Crippen molar-refractivity contribution in [2.75, 3.05) is 95.0 Å². The summed E-state index contributed by atoms with van der Waals surface area (Å²) in [7, 11) is 7.51. The van der Waals surface area contributed by atoms with E-state index in [0.29, 0.717) is 6.42 Å². The SMILES string of the molecule is COC(=O)CCCNC(=O)C(CC(C)C)N(CCCC(=O)OC)C(=O)CCCNC(=O)C(CC(C)C)N(CCCC(=O)N(CCCC(=O)OC)C(CC(C)C)C(=O)NCCCC(=O)OC)C(=O)CCCC(=O)N(CCCC(=O)OC)C(CC(C)C)C(=O)NCCCC(=O)OC. The number of nitrogens with zero attached hydrogens (tertiary/aromatic N) is 4. The van der Waals surface area contributed by atoms with Crippen LogP contribution in [0.25, 0.3) is 0 Å². The van der Waals surface area contributed by atoms with E-state index in [0.717, 1.165) is 0 Å². The largest absolute Gasteiger partial charge is 0.469 e. The first kappa shape index (κ1) is 87.6. The predicted molar refractivity (Wildman–Crippen MR) is 352 cm³/mol. The van der Waals surface area contributed by atoms with E-state index in [4.69, 9.17) is 28.4 Å². The van der Waals surface area contributed by atoms with Crippen molar-refractivity contribution < 1.29 is 95.5 Å². The lowest BCUT2D eigenvalue weighted by molar-refractivity contribution is -0.144. The molecule has 0 radical (unpaired) electrons. The minimum absolute atomic E-state index is 0.00689. The smallest absolute Gasteiger partial charge is 0.305 e. The van der Waals surface area contributed by atoms with E-state index in [9.17, 15) is 67.1 Å². The summed E-state index contributed by atoms with van der Waals surface area (Å²) in [6.45, 7) is 15.3. The van der Waals surface area contributed by atoms with Crippen LogP contribution in [0.3, 0.4) is 0 Å². The van der Waals surface area contributed by atoms with Gasteiger partial charge in [0.1, 0.15) is 24.2 Å². The minimum atomic E-state index is -1.15. The highest BCUT2D eigenvalue weighted by molar-refractivity contribution is 5.91. The van der Waals surface area contributed by atoms with Gasteiger partial charge in [-0.25, -0.2) is 0 Å². The van der Waals surface area contributed by atoms with Gasteiger partial charge >= 0.3 is 35.8 Å². The van der Waals surface area contributed by atoms with Gasteiger partial charge in [0, 0.05) is 117 Å². The number of rotatable bonds is 52. The molecule has 28 heteroatoms. The first-order valence-corrected chi connectivity index (χ1v) is 33.7. The molecule has 4 N–H and O–H groups in total. The van der Waals surface area contributed by atoms with Gasteiger partial charge in [-0.2, -0.15) is 0 Å². The molecule has 4 unspecified atom stereocenters. The fraction of sp³-hybridized carbons (Fsp3) is 0.791. The van der Waals surface area contributed by atoms with Crippen LogP contribution in [0.1, 0.15) is 203 Å². The molecule has 0 aliphatic rings. The van der Waals surface area contributed by atoms with E-state index in [1.807, 2.05) is 55.4 Å². The Bertz CT molecular complexity index is 2400. The lowest BCUT2D eigenvalue weighted by Gasteiger charge is -2.34. The topological polar surface area (TPSA) is 355 Å². The molecule has 0 spiro atoms. The number of ether oxygens (including phenoxy) is 6. The molecule has 0 aromatic carbocycles. The first-order chi connectivity index (χ1) is 45.0. The van der Waals surface area contributed by atoms with E-state index >= 15 is 0 Å². The van der Waals surface area contributed by atoms with Crippen molar-refractivity contribution in [2.45, 2.75) is 227 Å². The summed E-state index contributed by atoms with van der Waals surface area (Å²) in [6, 6.07) is -4.07. The summed E-state index contributed by atoms with van der Waals surface area (Å²) >= 11 is 0. The van der Waals surface area contributed by atoms with Crippen LogP contribution in [0.15, 0.2) is 0 Å². The number of esters is 6. The van der Waals surface area contributed by atoms with Crippen molar-refractivity contribution in [3.8, 4) is 0 Å². The molecule has 4 atom stereocenters. The van der Waals surface area contributed by atoms with Crippen LogP contribution >= 0.6 is 0 Å². The van der Waals surface area contributed by atoms with Crippen molar-refractivity contribution in [3.05, 3.63) is 0 Å². The third-order valence-corrected chi connectivity index (χ3v) is 15.5. The highest BCUT2D eigenvalue weighted by atomic mass is 16.5. The second-order valence-corrected chi connectivity index (χ2v) is 25.2. The third-order valence-electron chi connectivity index (χ3n) is 15.5. The number of carbonyl (C=O) groups is 14. The molecule has 0 aromatic heterocycles. The van der Waals surface area contributed by atoms with Gasteiger partial charge in [-0.05, 0) is 107 Å². The molecule has 0 aliphatic heterocycles. The Morgan fingerprint density at radius 1 is 0.253 bits per heavy atom. The second kappa shape index (κ2) is 50.9. The Balaban J connectivity index is 7.44. The van der Waals surface area contributed by atoms with Crippen LogP contribution < -0.4 is 21.3 Å². The van der Waals surface area contributed by atoms with Crippen molar-refractivity contribution >= 4 is 83.1 Å². The van der Waals surface area contributed by atoms with Gasteiger partial charge in [-0.1, -0.05) is 55.4 Å². The Kier molecular flexibility index (Phi) is 47.0. The van der Waals surface area contributed by atoms with Crippen LogP contribution in [-0.2, 0) is 95.5 Å². The number of hydrogen-bond donors (Lipinski definition) is 4. The van der Waals surface area contributed by atoms with Crippen molar-refractivity contribution in [2.24, 2.45) is 23.7 Å². The molecule has 0 bridgehead atoms. The Labute approximate surface area is 563 Å². The number of amides is 8. The fourth-order valence-electron chi connectivity index (χ4n) is 10.5. The zero-order chi connectivity index (χ0) is 72.0. The average molecular weight is 1350 g/mol. The molecule has 8 amide bonds. The summed E-state index contributed by atoms with van der Waals surface area (Å²) in [5.41, 5.74) is 0. The molecule has 0 rings (SSSR count). The van der Waals surface area contributed by atoms with Gasteiger partial charge < -0.3 is 69.3 Å². The standard InChI is InChI=1S/C67H116N8O20/c1-46(2)42-50(64(86)68-34-16-26-56(78)74(40-22-32-62(84)94-13)52(44-48(5)6)66(88)70-36-18-29-59(81)91-10)72(38-20-27-57(79)75(41-23-33-63(85)95-14)53(45-49(7)8)67(89)71-37-19-30-60(82)92-11)54(76)24-15-25-55(77)73(39-21-31-61(83)93-12)51(43-47(3)4)65(87)69-35-17-28-58(80)90-9/h46-53H,15-45H2,1-14H3,(H,68,86)(H,69,87)(H,70,88)(H,71,89). The number of nitrogens with one attached hydrogen (secondary N) is 4. The van der Waals surface area contributed by atoms with Crippen LogP contribution in [-0.4, -0.2) is 222 Å². The lowest BCUT2D eigenvalue weighted by Crippen LogP contribution is -2.52. The molecular weight excluding hydrogens is 1240 g/mol. The van der Waals surface area contributed by atoms with Crippen LogP contribution in [0.5, 0.6) is 0 Å². The molecule has 0 saturated heterocycles. The van der Waals surface area contributed by atoms with Crippen molar-refractivity contribution in [3.63, 3.8) is 0 Å². The highest BCUT2D eigenvalue weighted by Crippen LogP contribution is 2.22. The van der Waals surface area contributed by atoms with E-state index in [1.165, 1.54) is 62.3 Å². The summed E-state index contributed by atoms with van der Waals surface area (Å²) in [4.78, 5) is 192. The van der Waals surface area contributed by atoms with Gasteiger partial charge in [0.15, 0.2) is 0 Å². The molecule has 95 heavy (non-hydrogen) atoms. The molecule has 0 heterocycles. The highest BCUT2D eigenvalue weighted by Gasteiger charge is 2.36. The zero-order valence-electron chi connectivity index (χ0n) is 59.5. The maximum Gasteiger partial charge on any atom is 0.305 e. The molecule has 0 fully saturated rings. The Morgan fingerprint density at radius 3 is 0.621 bits per heavy atom. The summed E-state index contributed by atoms with van der Waals surface area (Å²) in [6.07, 6.45) is 1.46. The van der Waals surface area contributed by atoms with Gasteiger partial charge in [0.05, 0.1) is 42.7 Å². The Hall–Kier alpha value is -7.42. The minimum Gasteiger partial charge on any atom is -0.469 e. The molecule has 0 aliphatic carbocycles. The molecule has 28 nitrogen and oxygen atoms in total. The molecule has 0 saturated carbocycles. The van der Waals surface area contributed by atoms with Crippen LogP contribution in [0.2, 0.25) is 0 Å². The van der Waals surface area contributed by atoms with E-state index in [1.54, 1.807) is 0 Å². The van der Waals surface area contributed by atoms with Crippen molar-refractivity contribution in [1.29, 1.82) is 0 Å². The third kappa shape index (κ3) is 38.7. The van der Waals surface area contributed by atoms with Gasteiger partial charge in [0.25, 0.3) is 0 Å². The Morgan fingerprint density at radius 2 is 0.421 bits per heavy atom. The normalized spacial score (nSPS) is 12.3. The molecule has 0 aromatic rings. The fourth-order valence-corrected chi connectivity index (χ4v) is 10.5. The summed E-state index contributed by atoms with van der Waals surface area (Å²) < 4.78 is 28.7. The van der Waals surface area contributed by atoms with E-state index in [-0.39, 0.29) is 217 Å². The summed E-state index contributed by atoms with van der Waals surface area (Å²) in [5, 5.41) is 11.4. The van der Waals surface area contributed by atoms with Gasteiger partial charge in [-0.3, -0.25) is 67.1 Å². The number of carbonyl (C=O) groups excluding carboxylic acids is 14. The number of hydrogen-bond acceptors (Lipinski definition) is 20. The van der Waals surface area contributed by atoms with Crippen LogP contribution in [0, 0.1) is 23.7 Å². The van der Waals surface area contributed by atoms with Crippen molar-refractivity contribution in [1.82, 2.24) is 40.9 Å². The maximum absolute atomic E-state index is 14.9. The monoisotopic (exact) mass is 1350 g/mol. The van der Waals surface area contributed by atoms with Gasteiger partial charge in [0.2, 0.25) is 47.3 Å². The molecule has 544 valence electrons. The van der Waals surface area contributed by atoms with E-state index in [2.05, 4.69) is 21.3 Å².